The lowest BCUT2D eigenvalue weighted by Crippen LogP contribution is -2.11. The van der Waals surface area contributed by atoms with Gasteiger partial charge in [-0.2, -0.15) is 0 Å². The van der Waals surface area contributed by atoms with Gasteiger partial charge in [0.1, 0.15) is 23.2 Å². The predicted octanol–water partition coefficient (Wildman–Crippen LogP) is 3.69. The lowest BCUT2D eigenvalue weighted by atomic mass is 10.2. The fourth-order valence-corrected chi connectivity index (χ4v) is 1.95. The average molecular weight is 296 g/mol. The van der Waals surface area contributed by atoms with Crippen LogP contribution in [-0.2, 0) is 6.61 Å². The summed E-state index contributed by atoms with van der Waals surface area (Å²) in [4.78, 5) is 0.251. The molecule has 98 valence electrons. The summed E-state index contributed by atoms with van der Waals surface area (Å²) >= 11 is 10.9. The molecule has 0 amide bonds. The lowest BCUT2D eigenvalue weighted by Gasteiger charge is -2.11. The number of hydrogen-bond donors (Lipinski definition) is 1. The van der Waals surface area contributed by atoms with Crippen LogP contribution in [-0.4, -0.2) is 4.99 Å². The highest BCUT2D eigenvalue weighted by Gasteiger charge is 2.07. The summed E-state index contributed by atoms with van der Waals surface area (Å²) < 4.78 is 18.7. The molecule has 0 spiro atoms. The van der Waals surface area contributed by atoms with Crippen LogP contribution in [0.4, 0.5) is 4.39 Å². The maximum Gasteiger partial charge on any atom is 0.129 e. The average Bonchev–Trinajstić information content (AvgIpc) is 2.40. The molecule has 0 radical (unpaired) electrons. The molecule has 0 fully saturated rings. The first-order valence-electron chi connectivity index (χ1n) is 5.53. The van der Waals surface area contributed by atoms with E-state index < -0.39 is 0 Å². The molecule has 5 heteroatoms. The topological polar surface area (TPSA) is 35.2 Å². The molecule has 0 saturated heterocycles. The van der Waals surface area contributed by atoms with E-state index >= 15 is 0 Å². The van der Waals surface area contributed by atoms with E-state index in [1.807, 2.05) is 12.1 Å². The Bertz CT molecular complexity index is 618. The summed E-state index contributed by atoms with van der Waals surface area (Å²) in [7, 11) is 0. The van der Waals surface area contributed by atoms with Crippen LogP contribution in [0.15, 0.2) is 42.5 Å². The van der Waals surface area contributed by atoms with E-state index in [9.17, 15) is 4.39 Å². The van der Waals surface area contributed by atoms with Crippen LogP contribution >= 0.6 is 23.8 Å². The number of thiocarbonyl (C=S) groups is 1. The molecule has 2 aromatic carbocycles. The third-order valence-corrected chi connectivity index (χ3v) is 3.13. The summed E-state index contributed by atoms with van der Waals surface area (Å²) in [5.41, 5.74) is 6.82. The summed E-state index contributed by atoms with van der Waals surface area (Å²) in [6.07, 6.45) is 0. The molecule has 19 heavy (non-hydrogen) atoms. The molecule has 2 aromatic rings. The Morgan fingerprint density at radius 2 is 2.00 bits per heavy atom. The van der Waals surface area contributed by atoms with Gasteiger partial charge >= 0.3 is 0 Å². The first-order valence-corrected chi connectivity index (χ1v) is 6.32. The van der Waals surface area contributed by atoms with Crippen molar-refractivity contribution in [1.82, 2.24) is 0 Å². The van der Waals surface area contributed by atoms with E-state index in [1.54, 1.807) is 12.1 Å². The van der Waals surface area contributed by atoms with Crippen LogP contribution < -0.4 is 10.5 Å². The second-order valence-corrected chi connectivity index (χ2v) is 4.73. The Hall–Kier alpha value is -1.65. The van der Waals surface area contributed by atoms with Crippen molar-refractivity contribution in [2.75, 3.05) is 0 Å². The Balaban J connectivity index is 2.19. The minimum atomic E-state index is -0.356. The van der Waals surface area contributed by atoms with E-state index in [2.05, 4.69) is 0 Å². The maximum absolute atomic E-state index is 13.1. The largest absolute Gasteiger partial charge is 0.488 e. The summed E-state index contributed by atoms with van der Waals surface area (Å²) in [5, 5.41) is 0.453. The zero-order valence-electron chi connectivity index (χ0n) is 9.90. The highest BCUT2D eigenvalue weighted by atomic mass is 35.5. The summed E-state index contributed by atoms with van der Waals surface area (Å²) in [6, 6.07) is 11.3. The number of halogens is 2. The van der Waals surface area contributed by atoms with Gasteiger partial charge in [0.15, 0.2) is 0 Å². The molecule has 0 aliphatic rings. The molecule has 2 rings (SSSR count). The molecule has 0 atom stereocenters. The van der Waals surface area contributed by atoms with Gasteiger partial charge in [-0.05, 0) is 30.3 Å². The second-order valence-electron chi connectivity index (χ2n) is 3.88. The van der Waals surface area contributed by atoms with Crippen molar-refractivity contribution in [3.8, 4) is 5.75 Å². The Morgan fingerprint density at radius 1 is 1.26 bits per heavy atom. The van der Waals surface area contributed by atoms with Crippen LogP contribution in [0.2, 0.25) is 5.02 Å². The molecular formula is C14H11ClFNOS. The number of nitrogens with two attached hydrogens (primary N) is 1. The highest BCUT2D eigenvalue weighted by molar-refractivity contribution is 7.80. The smallest absolute Gasteiger partial charge is 0.129 e. The molecule has 0 aliphatic carbocycles. The van der Waals surface area contributed by atoms with Crippen molar-refractivity contribution in [2.24, 2.45) is 5.73 Å². The number of para-hydroxylation sites is 1. The maximum atomic E-state index is 13.1. The monoisotopic (exact) mass is 295 g/mol. The lowest BCUT2D eigenvalue weighted by molar-refractivity contribution is 0.305. The zero-order valence-corrected chi connectivity index (χ0v) is 11.5. The van der Waals surface area contributed by atoms with Crippen LogP contribution in [0.5, 0.6) is 5.75 Å². The van der Waals surface area contributed by atoms with Gasteiger partial charge in [-0.25, -0.2) is 4.39 Å². The van der Waals surface area contributed by atoms with Gasteiger partial charge < -0.3 is 10.5 Å². The van der Waals surface area contributed by atoms with E-state index in [0.29, 0.717) is 21.9 Å². The minimum Gasteiger partial charge on any atom is -0.488 e. The molecule has 2 nitrogen and oxygen atoms in total. The van der Waals surface area contributed by atoms with Gasteiger partial charge in [0.05, 0.1) is 5.56 Å². The standard InChI is InChI=1S/C14H11ClFNOS/c15-12-6-5-10(16)7-9(12)8-18-13-4-2-1-3-11(13)14(17)19/h1-7H,8H2,(H2,17,19). The third-order valence-electron chi connectivity index (χ3n) is 2.54. The van der Waals surface area contributed by atoms with Crippen molar-refractivity contribution in [2.45, 2.75) is 6.61 Å². The van der Waals surface area contributed by atoms with Crippen molar-refractivity contribution >= 4 is 28.8 Å². The second kappa shape index (κ2) is 5.99. The normalized spacial score (nSPS) is 10.2. The van der Waals surface area contributed by atoms with E-state index in [-0.39, 0.29) is 17.4 Å². The first-order chi connectivity index (χ1) is 9.08. The third kappa shape index (κ3) is 3.43. The fraction of sp³-hybridized carbons (Fsp3) is 0.0714. The Labute approximate surface area is 120 Å². The molecule has 0 heterocycles. The van der Waals surface area contributed by atoms with Gasteiger partial charge in [-0.1, -0.05) is 36.0 Å². The van der Waals surface area contributed by atoms with E-state index in [4.69, 9.17) is 34.3 Å². The highest BCUT2D eigenvalue weighted by Crippen LogP contribution is 2.22. The van der Waals surface area contributed by atoms with Crippen LogP contribution in [0.1, 0.15) is 11.1 Å². The number of ether oxygens (including phenoxy) is 1. The Morgan fingerprint density at radius 3 is 2.74 bits per heavy atom. The first kappa shape index (κ1) is 13.8. The van der Waals surface area contributed by atoms with Crippen molar-refractivity contribution in [3.05, 3.63) is 64.4 Å². The van der Waals surface area contributed by atoms with Gasteiger partial charge in [0, 0.05) is 10.6 Å². The van der Waals surface area contributed by atoms with Crippen molar-refractivity contribution in [3.63, 3.8) is 0 Å². The summed E-state index contributed by atoms with van der Waals surface area (Å²) in [5.74, 6) is 0.195. The SMILES string of the molecule is NC(=S)c1ccccc1OCc1cc(F)ccc1Cl. The molecule has 0 bridgehead atoms. The van der Waals surface area contributed by atoms with E-state index in [0.717, 1.165) is 0 Å². The molecule has 2 N–H and O–H groups in total. The number of rotatable bonds is 4. The summed E-state index contributed by atoms with van der Waals surface area (Å²) in [6.45, 7) is 0.149. The minimum absolute atomic E-state index is 0.149. The molecule has 0 saturated carbocycles. The number of benzene rings is 2. The van der Waals surface area contributed by atoms with Crippen molar-refractivity contribution < 1.29 is 9.13 Å². The van der Waals surface area contributed by atoms with Gasteiger partial charge in [-0.3, -0.25) is 0 Å². The molecular weight excluding hydrogens is 285 g/mol. The zero-order chi connectivity index (χ0) is 13.8. The van der Waals surface area contributed by atoms with Gasteiger partial charge in [0.25, 0.3) is 0 Å². The molecule has 0 unspecified atom stereocenters. The van der Waals surface area contributed by atoms with Crippen LogP contribution in [0.25, 0.3) is 0 Å². The molecule has 0 aromatic heterocycles. The molecule has 0 aliphatic heterocycles. The van der Waals surface area contributed by atoms with E-state index in [1.165, 1.54) is 18.2 Å². The van der Waals surface area contributed by atoms with Crippen molar-refractivity contribution in [1.29, 1.82) is 0 Å². The quantitative estimate of drug-likeness (QED) is 0.874. The van der Waals surface area contributed by atoms with Crippen LogP contribution in [0, 0.1) is 5.82 Å². The van der Waals surface area contributed by atoms with Crippen LogP contribution in [0.3, 0.4) is 0 Å². The number of hydrogen-bond acceptors (Lipinski definition) is 2. The van der Waals surface area contributed by atoms with Gasteiger partial charge in [-0.15, -0.1) is 0 Å². The predicted molar refractivity (Wildman–Crippen MR) is 78.1 cm³/mol. The fourth-order valence-electron chi connectivity index (χ4n) is 1.61. The van der Waals surface area contributed by atoms with Gasteiger partial charge in [0.2, 0.25) is 0 Å². The Kier molecular flexibility index (Phi) is 4.35.